The number of aromatic nitrogens is 1. The van der Waals surface area contributed by atoms with Gasteiger partial charge in [0.2, 0.25) is 0 Å². The summed E-state index contributed by atoms with van der Waals surface area (Å²) in [5.41, 5.74) is 1.14. The highest BCUT2D eigenvalue weighted by molar-refractivity contribution is 9.10. The number of fused-ring (bicyclic) bond motifs is 1. The maximum Gasteiger partial charge on any atom is 0.332 e. The molecule has 4 nitrogen and oxygen atoms in total. The van der Waals surface area contributed by atoms with E-state index < -0.39 is 12.1 Å². The molecule has 5 heteroatoms. The first kappa shape index (κ1) is 12.7. The molecule has 1 aliphatic rings. The number of carboxylic acid groups (broad SMARTS) is 1. The number of rotatable bonds is 3. The van der Waals surface area contributed by atoms with E-state index in [9.17, 15) is 4.79 Å². The number of nitrogens with zero attached hydrogens (tertiary/aromatic N) is 1. The molecule has 1 N–H and O–H groups in total. The summed E-state index contributed by atoms with van der Waals surface area (Å²) in [7, 11) is 0. The third-order valence-corrected chi connectivity index (χ3v) is 4.01. The summed E-state index contributed by atoms with van der Waals surface area (Å²) in [6, 6.07) is 8.20. The van der Waals surface area contributed by atoms with Crippen molar-refractivity contribution < 1.29 is 14.6 Å². The Bertz CT molecular complexity index is 622. The van der Waals surface area contributed by atoms with Crippen LogP contribution in [0.3, 0.4) is 0 Å². The Labute approximate surface area is 119 Å². The fourth-order valence-electron chi connectivity index (χ4n) is 2.56. The van der Waals surface area contributed by atoms with Gasteiger partial charge in [-0.05, 0) is 36.4 Å². The second kappa shape index (κ2) is 4.98. The molecule has 0 saturated carbocycles. The number of halogens is 1. The first-order chi connectivity index (χ1) is 9.13. The molecule has 0 bridgehead atoms. The van der Waals surface area contributed by atoms with Crippen LogP contribution in [-0.4, -0.2) is 27.9 Å². The van der Waals surface area contributed by atoms with Crippen LogP contribution in [0.5, 0.6) is 0 Å². The first-order valence-corrected chi connectivity index (χ1v) is 7.05. The summed E-state index contributed by atoms with van der Waals surface area (Å²) in [4.78, 5) is 10.9. The molecule has 0 spiro atoms. The van der Waals surface area contributed by atoms with Crippen LogP contribution >= 0.6 is 15.9 Å². The molecular formula is C14H14BrNO3. The van der Waals surface area contributed by atoms with Crippen LogP contribution in [0, 0.1) is 0 Å². The first-order valence-electron chi connectivity index (χ1n) is 6.26. The van der Waals surface area contributed by atoms with Crippen molar-refractivity contribution in [3.8, 4) is 0 Å². The van der Waals surface area contributed by atoms with Gasteiger partial charge in [0.1, 0.15) is 0 Å². The second-order valence-corrected chi connectivity index (χ2v) is 5.75. The number of hydrogen-bond donors (Lipinski definition) is 1. The van der Waals surface area contributed by atoms with Crippen LogP contribution in [0.1, 0.15) is 12.8 Å². The molecule has 1 fully saturated rings. The number of benzene rings is 1. The van der Waals surface area contributed by atoms with Gasteiger partial charge in [0.25, 0.3) is 0 Å². The molecule has 0 amide bonds. The van der Waals surface area contributed by atoms with Gasteiger partial charge in [0, 0.05) is 22.7 Å². The molecule has 0 radical (unpaired) electrons. The Morgan fingerprint density at radius 3 is 3.00 bits per heavy atom. The highest BCUT2D eigenvalue weighted by atomic mass is 79.9. The zero-order valence-corrected chi connectivity index (χ0v) is 11.8. The summed E-state index contributed by atoms with van der Waals surface area (Å²) in [6.45, 7) is 0.698. The van der Waals surface area contributed by atoms with Crippen LogP contribution in [0.25, 0.3) is 10.9 Å². The molecular weight excluding hydrogens is 310 g/mol. The van der Waals surface area contributed by atoms with Gasteiger partial charge in [-0.1, -0.05) is 22.0 Å². The minimum absolute atomic E-state index is 0.0179. The molecule has 19 heavy (non-hydrogen) atoms. The Morgan fingerprint density at radius 2 is 2.26 bits per heavy atom. The van der Waals surface area contributed by atoms with Gasteiger partial charge in [-0.25, -0.2) is 4.79 Å². The van der Waals surface area contributed by atoms with Crippen LogP contribution in [-0.2, 0) is 16.1 Å². The Balaban J connectivity index is 1.79. The van der Waals surface area contributed by atoms with E-state index >= 15 is 0 Å². The smallest absolute Gasteiger partial charge is 0.332 e. The van der Waals surface area contributed by atoms with Crippen molar-refractivity contribution in [2.45, 2.75) is 31.6 Å². The van der Waals surface area contributed by atoms with E-state index in [0.29, 0.717) is 13.0 Å². The third kappa shape index (κ3) is 2.53. The van der Waals surface area contributed by atoms with Gasteiger partial charge >= 0.3 is 5.97 Å². The van der Waals surface area contributed by atoms with Crippen LogP contribution < -0.4 is 0 Å². The summed E-state index contributed by atoms with van der Waals surface area (Å²) in [6.07, 6.45) is 2.76. The van der Waals surface area contributed by atoms with E-state index in [1.807, 2.05) is 12.3 Å². The molecule has 3 rings (SSSR count). The van der Waals surface area contributed by atoms with Crippen molar-refractivity contribution in [2.75, 3.05) is 0 Å². The van der Waals surface area contributed by atoms with Crippen molar-refractivity contribution >= 4 is 32.8 Å². The van der Waals surface area contributed by atoms with Gasteiger partial charge in [0.05, 0.1) is 6.10 Å². The Kier molecular flexibility index (Phi) is 3.33. The maximum absolute atomic E-state index is 10.9. The minimum Gasteiger partial charge on any atom is -0.479 e. The van der Waals surface area contributed by atoms with Crippen molar-refractivity contribution in [1.82, 2.24) is 4.57 Å². The van der Waals surface area contributed by atoms with E-state index in [1.165, 1.54) is 5.39 Å². The van der Waals surface area contributed by atoms with Gasteiger partial charge in [0.15, 0.2) is 6.10 Å². The lowest BCUT2D eigenvalue weighted by atomic mass is 10.2. The van der Waals surface area contributed by atoms with Crippen molar-refractivity contribution in [3.05, 3.63) is 34.9 Å². The lowest BCUT2D eigenvalue weighted by molar-refractivity contribution is -0.149. The monoisotopic (exact) mass is 323 g/mol. The highest BCUT2D eigenvalue weighted by Gasteiger charge is 2.30. The Morgan fingerprint density at radius 1 is 1.42 bits per heavy atom. The van der Waals surface area contributed by atoms with Crippen molar-refractivity contribution in [1.29, 1.82) is 0 Å². The fourth-order valence-corrected chi connectivity index (χ4v) is 2.91. The number of ether oxygens (including phenoxy) is 1. The number of hydrogen-bond acceptors (Lipinski definition) is 2. The standard InChI is InChI=1S/C14H14BrNO3/c15-10-2-1-9-5-6-16(12(9)7-10)8-11-3-4-13(19-11)14(17)18/h1-2,5-7,11,13H,3-4,8H2,(H,17,18). The molecule has 1 aliphatic heterocycles. The second-order valence-electron chi connectivity index (χ2n) is 4.83. The average Bonchev–Trinajstić information content (AvgIpc) is 2.98. The van der Waals surface area contributed by atoms with E-state index in [2.05, 4.69) is 38.7 Å². The predicted molar refractivity (Wildman–Crippen MR) is 75.2 cm³/mol. The Hall–Kier alpha value is -1.33. The summed E-state index contributed by atoms with van der Waals surface area (Å²) in [5, 5.41) is 10.1. The number of carbonyl (C=O) groups is 1. The van der Waals surface area contributed by atoms with E-state index in [4.69, 9.17) is 9.84 Å². The lowest BCUT2D eigenvalue weighted by Crippen LogP contribution is -2.22. The summed E-state index contributed by atoms with van der Waals surface area (Å²) in [5.74, 6) is -0.859. The van der Waals surface area contributed by atoms with E-state index in [0.717, 1.165) is 16.4 Å². The molecule has 1 aromatic heterocycles. The highest BCUT2D eigenvalue weighted by Crippen LogP contribution is 2.25. The quantitative estimate of drug-likeness (QED) is 0.944. The van der Waals surface area contributed by atoms with Crippen molar-refractivity contribution in [2.24, 2.45) is 0 Å². The molecule has 0 aliphatic carbocycles. The molecule has 2 aromatic rings. The third-order valence-electron chi connectivity index (χ3n) is 3.52. The summed E-state index contributed by atoms with van der Waals surface area (Å²) < 4.78 is 8.70. The normalized spacial score (nSPS) is 23.0. The minimum atomic E-state index is -0.859. The molecule has 1 aromatic carbocycles. The average molecular weight is 324 g/mol. The molecule has 2 unspecified atom stereocenters. The topological polar surface area (TPSA) is 51.5 Å². The van der Waals surface area contributed by atoms with Gasteiger partial charge in [-0.2, -0.15) is 0 Å². The predicted octanol–water partition coefficient (Wildman–Crippen LogP) is 3.04. The van der Waals surface area contributed by atoms with Gasteiger partial charge in [-0.15, -0.1) is 0 Å². The fraction of sp³-hybridized carbons (Fsp3) is 0.357. The van der Waals surface area contributed by atoms with E-state index in [1.54, 1.807) is 0 Å². The van der Waals surface area contributed by atoms with E-state index in [-0.39, 0.29) is 6.10 Å². The van der Waals surface area contributed by atoms with Crippen LogP contribution in [0.2, 0.25) is 0 Å². The van der Waals surface area contributed by atoms with Crippen LogP contribution in [0.15, 0.2) is 34.9 Å². The molecule has 1 saturated heterocycles. The zero-order valence-electron chi connectivity index (χ0n) is 10.3. The maximum atomic E-state index is 10.9. The lowest BCUT2D eigenvalue weighted by Gasteiger charge is -2.13. The number of carboxylic acids is 1. The molecule has 2 atom stereocenters. The zero-order chi connectivity index (χ0) is 13.4. The molecule has 2 heterocycles. The van der Waals surface area contributed by atoms with Gasteiger partial charge in [-0.3, -0.25) is 0 Å². The molecule has 100 valence electrons. The van der Waals surface area contributed by atoms with Crippen molar-refractivity contribution in [3.63, 3.8) is 0 Å². The summed E-state index contributed by atoms with van der Waals surface area (Å²) >= 11 is 3.47. The van der Waals surface area contributed by atoms with Gasteiger partial charge < -0.3 is 14.4 Å². The largest absolute Gasteiger partial charge is 0.479 e. The van der Waals surface area contributed by atoms with Crippen LogP contribution in [0.4, 0.5) is 0 Å². The SMILES string of the molecule is O=C(O)C1CCC(Cn2ccc3ccc(Br)cc32)O1. The number of aliphatic carboxylic acids is 1.